The predicted octanol–water partition coefficient (Wildman–Crippen LogP) is 4.23. The molecule has 0 saturated heterocycles. The lowest BCUT2D eigenvalue weighted by molar-refractivity contribution is -0.120. The fourth-order valence-electron chi connectivity index (χ4n) is 4.24. The molecule has 4 rings (SSSR count). The van der Waals surface area contributed by atoms with Crippen molar-refractivity contribution in [3.8, 4) is 17.2 Å². The number of urea groups is 1. The molecule has 1 aliphatic carbocycles. The van der Waals surface area contributed by atoms with Crippen LogP contribution in [0.2, 0.25) is 0 Å². The number of benzene rings is 1. The zero-order valence-corrected chi connectivity index (χ0v) is 21.5. The number of aliphatic imine (C=N–C) groups is 2. The Morgan fingerprint density at radius 3 is 2.31 bits per heavy atom. The lowest BCUT2D eigenvalue weighted by atomic mass is 9.86. The molecular weight excluding hydrogens is 464 g/mol. The molecule has 2 heterocycles. The van der Waals surface area contributed by atoms with Crippen molar-refractivity contribution in [2.75, 3.05) is 32.0 Å². The van der Waals surface area contributed by atoms with E-state index in [2.05, 4.69) is 25.7 Å². The van der Waals surface area contributed by atoms with Crippen molar-refractivity contribution in [1.29, 1.82) is 0 Å². The van der Waals surface area contributed by atoms with Crippen LogP contribution in [0.4, 0.5) is 16.3 Å². The summed E-state index contributed by atoms with van der Waals surface area (Å²) in [7, 11) is 4.50. The van der Waals surface area contributed by atoms with Gasteiger partial charge in [0.2, 0.25) is 5.75 Å². The lowest BCUT2D eigenvalue weighted by Gasteiger charge is -2.24. The van der Waals surface area contributed by atoms with Crippen LogP contribution < -0.4 is 24.8 Å². The maximum absolute atomic E-state index is 13.0. The molecule has 0 bridgehead atoms. The van der Waals surface area contributed by atoms with Gasteiger partial charge in [-0.05, 0) is 19.3 Å². The van der Waals surface area contributed by atoms with Crippen molar-refractivity contribution in [2.45, 2.75) is 51.9 Å². The fourth-order valence-corrected chi connectivity index (χ4v) is 4.24. The molecule has 3 amide bonds. The third-order valence-corrected chi connectivity index (χ3v) is 6.16. The Balaban J connectivity index is 1.64. The first-order valence-corrected chi connectivity index (χ1v) is 11.8. The van der Waals surface area contributed by atoms with E-state index in [1.165, 1.54) is 26.0 Å². The molecule has 0 spiro atoms. The van der Waals surface area contributed by atoms with Crippen LogP contribution in [-0.4, -0.2) is 54.7 Å². The normalized spacial score (nSPS) is 17.5. The molecule has 1 unspecified atom stereocenters. The monoisotopic (exact) mass is 496 g/mol. The lowest BCUT2D eigenvalue weighted by Crippen LogP contribution is -2.34. The topological polar surface area (TPSA) is 128 Å². The number of carbonyl (C=O) groups is 2. The molecule has 1 saturated carbocycles. The Bertz CT molecular complexity index is 1220. The van der Waals surface area contributed by atoms with Crippen LogP contribution in [-0.2, 0) is 10.2 Å². The van der Waals surface area contributed by atoms with Crippen molar-refractivity contribution in [3.05, 3.63) is 23.9 Å². The molecule has 2 aromatic rings. The highest BCUT2D eigenvalue weighted by atomic mass is 16.5. The first-order valence-electron chi connectivity index (χ1n) is 11.8. The van der Waals surface area contributed by atoms with Gasteiger partial charge in [0.05, 0.1) is 38.6 Å². The summed E-state index contributed by atoms with van der Waals surface area (Å²) in [5.74, 6) is 1.26. The summed E-state index contributed by atoms with van der Waals surface area (Å²) in [5.41, 5.74) is 1.66. The molecule has 1 aliphatic heterocycles. The summed E-state index contributed by atoms with van der Waals surface area (Å²) < 4.78 is 17.5. The van der Waals surface area contributed by atoms with Crippen LogP contribution >= 0.6 is 0 Å². The molecule has 11 heteroatoms. The van der Waals surface area contributed by atoms with Crippen molar-refractivity contribution < 1.29 is 23.8 Å². The Hall–Kier alpha value is -3.89. The molecule has 1 aromatic carbocycles. The number of fused-ring (bicyclic) bond motifs is 1. The molecule has 2 N–H and O–H groups in total. The van der Waals surface area contributed by atoms with Gasteiger partial charge in [-0.1, -0.05) is 27.2 Å². The van der Waals surface area contributed by atoms with Gasteiger partial charge >= 0.3 is 6.03 Å². The molecule has 36 heavy (non-hydrogen) atoms. The molecule has 192 valence electrons. The van der Waals surface area contributed by atoms with Crippen molar-refractivity contribution in [1.82, 2.24) is 9.78 Å². The summed E-state index contributed by atoms with van der Waals surface area (Å²) >= 11 is 0. The largest absolute Gasteiger partial charge is 0.493 e. The van der Waals surface area contributed by atoms with E-state index in [4.69, 9.17) is 14.2 Å². The summed E-state index contributed by atoms with van der Waals surface area (Å²) in [6.07, 6.45) is 3.50. The summed E-state index contributed by atoms with van der Waals surface area (Å²) in [4.78, 5) is 34.6. The summed E-state index contributed by atoms with van der Waals surface area (Å²) in [5, 5.41) is 10.2. The van der Waals surface area contributed by atoms with Gasteiger partial charge < -0.3 is 19.5 Å². The Labute approximate surface area is 209 Å². The minimum atomic E-state index is -0.531. The van der Waals surface area contributed by atoms with Gasteiger partial charge in [-0.25, -0.2) is 9.79 Å². The Morgan fingerprint density at radius 1 is 1.00 bits per heavy atom. The van der Waals surface area contributed by atoms with Gasteiger partial charge in [-0.15, -0.1) is 0 Å². The summed E-state index contributed by atoms with van der Waals surface area (Å²) in [6, 6.07) is 4.47. The second kappa shape index (κ2) is 10.00. The maximum atomic E-state index is 13.0. The maximum Gasteiger partial charge on any atom is 0.324 e. The molecule has 1 fully saturated rings. The quantitative estimate of drug-likeness (QED) is 0.638. The molecule has 11 nitrogen and oxygen atoms in total. The molecular formula is C25H32N6O5. The number of amides is 3. The molecule has 1 atom stereocenters. The zero-order valence-electron chi connectivity index (χ0n) is 21.5. The molecule has 0 radical (unpaired) electrons. The zero-order chi connectivity index (χ0) is 26.0. The number of hydrogen-bond acceptors (Lipinski definition) is 7. The highest BCUT2D eigenvalue weighted by Gasteiger charge is 2.33. The molecule has 2 aliphatic rings. The third kappa shape index (κ3) is 5.05. The number of rotatable bonds is 5. The van der Waals surface area contributed by atoms with Crippen LogP contribution in [0.5, 0.6) is 17.2 Å². The summed E-state index contributed by atoms with van der Waals surface area (Å²) in [6.45, 7) is 6.03. The Morgan fingerprint density at radius 2 is 1.69 bits per heavy atom. The predicted molar refractivity (Wildman–Crippen MR) is 137 cm³/mol. The number of nitrogens with zero attached hydrogens (tertiary/aromatic N) is 4. The van der Waals surface area contributed by atoms with E-state index in [1.807, 2.05) is 20.8 Å². The van der Waals surface area contributed by atoms with Gasteiger partial charge in [0, 0.05) is 29.3 Å². The van der Waals surface area contributed by atoms with E-state index in [0.717, 1.165) is 31.4 Å². The van der Waals surface area contributed by atoms with E-state index in [9.17, 15) is 9.59 Å². The van der Waals surface area contributed by atoms with Crippen LogP contribution in [0.15, 0.2) is 28.2 Å². The number of nitrogens with one attached hydrogen (secondary N) is 2. The van der Waals surface area contributed by atoms with Crippen molar-refractivity contribution in [2.24, 2.45) is 15.9 Å². The van der Waals surface area contributed by atoms with Gasteiger partial charge in [-0.2, -0.15) is 14.8 Å². The number of hydrogen-bond donors (Lipinski definition) is 2. The van der Waals surface area contributed by atoms with Crippen molar-refractivity contribution in [3.63, 3.8) is 0 Å². The SMILES string of the molecule is COc1cc(NC(=O)Nc2cc(C(C)(C)C)nn2C2=NC(=O)C3CCCCC3=N2)cc(OC)c1OC. The number of ether oxygens (including phenoxy) is 3. The van der Waals surface area contributed by atoms with E-state index in [0.29, 0.717) is 34.4 Å². The Kier molecular flexibility index (Phi) is 7.00. The number of methoxy groups -OCH3 is 3. The van der Waals surface area contributed by atoms with Gasteiger partial charge in [-0.3, -0.25) is 10.1 Å². The highest BCUT2D eigenvalue weighted by Crippen LogP contribution is 2.40. The number of carbonyl (C=O) groups excluding carboxylic acids is 2. The smallest absolute Gasteiger partial charge is 0.324 e. The van der Waals surface area contributed by atoms with Gasteiger partial charge in [0.15, 0.2) is 11.5 Å². The number of aromatic nitrogens is 2. The average molecular weight is 497 g/mol. The minimum absolute atomic E-state index is 0.159. The minimum Gasteiger partial charge on any atom is -0.493 e. The fraction of sp³-hybridized carbons (Fsp3) is 0.480. The van der Waals surface area contributed by atoms with Crippen LogP contribution in [0.25, 0.3) is 0 Å². The molecule has 1 aromatic heterocycles. The van der Waals surface area contributed by atoms with E-state index >= 15 is 0 Å². The van der Waals surface area contributed by atoms with E-state index in [-0.39, 0.29) is 23.2 Å². The van der Waals surface area contributed by atoms with Gasteiger partial charge in [0.1, 0.15) is 5.82 Å². The van der Waals surface area contributed by atoms with Crippen LogP contribution in [0.1, 0.15) is 52.1 Å². The third-order valence-electron chi connectivity index (χ3n) is 6.16. The van der Waals surface area contributed by atoms with Crippen LogP contribution in [0.3, 0.4) is 0 Å². The number of anilines is 2. The second-order valence-corrected chi connectivity index (χ2v) is 9.72. The van der Waals surface area contributed by atoms with Crippen molar-refractivity contribution >= 4 is 35.1 Å². The first kappa shape index (κ1) is 25.2. The van der Waals surface area contributed by atoms with Crippen LogP contribution in [0, 0.1) is 5.92 Å². The highest BCUT2D eigenvalue weighted by molar-refractivity contribution is 6.16. The van der Waals surface area contributed by atoms with Gasteiger partial charge in [0.25, 0.3) is 11.9 Å². The standard InChI is InChI=1S/C25H32N6O5/c1-25(2,3)19-13-20(31(30-19)23-27-16-10-8-7-9-15(16)22(32)29-23)28-24(33)26-14-11-17(34-4)21(36-6)18(12-14)35-5/h11-13,15H,7-10H2,1-6H3,(H2,26,28,33). The van der Waals surface area contributed by atoms with E-state index in [1.54, 1.807) is 18.2 Å². The van der Waals surface area contributed by atoms with E-state index < -0.39 is 6.03 Å². The second-order valence-electron chi connectivity index (χ2n) is 9.72. The average Bonchev–Trinajstić information content (AvgIpc) is 3.27. The first-order chi connectivity index (χ1) is 17.1.